The molecule has 0 radical (unpaired) electrons. The Morgan fingerprint density at radius 1 is 1.25 bits per heavy atom. The second-order valence-electron chi connectivity index (χ2n) is 4.83. The van der Waals surface area contributed by atoms with Crippen LogP contribution in [0.5, 0.6) is 0 Å². The summed E-state index contributed by atoms with van der Waals surface area (Å²) in [6, 6.07) is 5.75. The van der Waals surface area contributed by atoms with Gasteiger partial charge >= 0.3 is 5.97 Å². The van der Waals surface area contributed by atoms with Crippen LogP contribution in [0.2, 0.25) is 0 Å². The van der Waals surface area contributed by atoms with Crippen molar-refractivity contribution >= 4 is 27.4 Å². The number of rotatable bonds is 6. The lowest BCUT2D eigenvalue weighted by atomic mass is 10.3. The average molecular weight is 353 g/mol. The van der Waals surface area contributed by atoms with Gasteiger partial charge in [0.15, 0.2) is 15.7 Å². The van der Waals surface area contributed by atoms with Crippen molar-refractivity contribution in [2.24, 2.45) is 0 Å². The number of anilines is 1. The molecule has 0 saturated carbocycles. The Kier molecular flexibility index (Phi) is 5.24. The first-order valence-corrected chi connectivity index (χ1v) is 8.60. The molecule has 128 valence electrons. The summed E-state index contributed by atoms with van der Waals surface area (Å²) in [6.45, 7) is -0.206. The van der Waals surface area contributed by atoms with Gasteiger partial charge in [-0.15, -0.1) is 10.2 Å². The molecule has 2 rings (SSSR count). The second-order valence-corrected chi connectivity index (χ2v) is 6.85. The van der Waals surface area contributed by atoms with Gasteiger partial charge in [0.05, 0.1) is 12.0 Å². The van der Waals surface area contributed by atoms with Gasteiger partial charge in [-0.05, 0) is 29.5 Å². The summed E-state index contributed by atoms with van der Waals surface area (Å²) in [5.74, 6) is -0.791. The normalized spacial score (nSPS) is 11.1. The quantitative estimate of drug-likeness (QED) is 0.683. The van der Waals surface area contributed by atoms with Crippen molar-refractivity contribution in [3.63, 3.8) is 0 Å². The van der Waals surface area contributed by atoms with Gasteiger partial charge in [-0.1, -0.05) is 0 Å². The Hall–Kier alpha value is -2.82. The van der Waals surface area contributed by atoms with Crippen LogP contribution in [0.4, 0.5) is 5.69 Å². The molecule has 1 aromatic heterocycles. The molecule has 0 aliphatic carbocycles. The standard InChI is InChI=1S/C13H15N5O5S/c1-23-13(20)7-11-15-17-18(16-11)8-12(19)14-9-3-5-10(6-4-9)24(2,21)22/h3-6H,7-8H2,1-2H3,(H,14,19). The van der Waals surface area contributed by atoms with Gasteiger partial charge < -0.3 is 10.1 Å². The van der Waals surface area contributed by atoms with Gasteiger partial charge in [0, 0.05) is 11.9 Å². The third-order valence-corrected chi connectivity index (χ3v) is 4.00. The Morgan fingerprint density at radius 3 is 2.50 bits per heavy atom. The zero-order chi connectivity index (χ0) is 17.7. The fraction of sp³-hybridized carbons (Fsp3) is 0.308. The van der Waals surface area contributed by atoms with Crippen molar-refractivity contribution in [3.8, 4) is 0 Å². The summed E-state index contributed by atoms with van der Waals surface area (Å²) >= 11 is 0. The monoisotopic (exact) mass is 353 g/mol. The van der Waals surface area contributed by atoms with E-state index in [1.54, 1.807) is 0 Å². The fourth-order valence-electron chi connectivity index (χ4n) is 1.73. The minimum Gasteiger partial charge on any atom is -0.469 e. The Labute approximate surface area is 137 Å². The predicted molar refractivity (Wildman–Crippen MR) is 81.7 cm³/mol. The lowest BCUT2D eigenvalue weighted by Crippen LogP contribution is -2.20. The number of hydrogen-bond donors (Lipinski definition) is 1. The number of sulfone groups is 1. The van der Waals surface area contributed by atoms with Crippen LogP contribution in [0.1, 0.15) is 5.82 Å². The van der Waals surface area contributed by atoms with Gasteiger partial charge in [-0.2, -0.15) is 4.80 Å². The van der Waals surface area contributed by atoms with E-state index in [0.29, 0.717) is 5.69 Å². The Bertz CT molecular complexity index is 844. The molecule has 1 heterocycles. The molecule has 1 aromatic carbocycles. The zero-order valence-corrected chi connectivity index (χ0v) is 13.8. The van der Waals surface area contributed by atoms with Crippen LogP contribution in [0.25, 0.3) is 0 Å². The third kappa shape index (κ3) is 4.84. The van der Waals surface area contributed by atoms with Crippen LogP contribution in [0, 0.1) is 0 Å². The molecule has 0 unspecified atom stereocenters. The van der Waals surface area contributed by atoms with Gasteiger partial charge in [-0.25, -0.2) is 8.42 Å². The maximum atomic E-state index is 11.9. The molecule has 1 N–H and O–H groups in total. The first-order chi connectivity index (χ1) is 11.3. The summed E-state index contributed by atoms with van der Waals surface area (Å²) in [5, 5.41) is 13.8. The number of hydrogen-bond acceptors (Lipinski definition) is 8. The first kappa shape index (κ1) is 17.5. The first-order valence-electron chi connectivity index (χ1n) is 6.71. The van der Waals surface area contributed by atoms with Crippen molar-refractivity contribution in [3.05, 3.63) is 30.1 Å². The molecule has 1 amide bonds. The van der Waals surface area contributed by atoms with E-state index in [0.717, 1.165) is 11.1 Å². The van der Waals surface area contributed by atoms with Crippen LogP contribution in [-0.4, -0.2) is 53.9 Å². The van der Waals surface area contributed by atoms with E-state index in [2.05, 4.69) is 25.5 Å². The highest BCUT2D eigenvalue weighted by Gasteiger charge is 2.12. The second kappa shape index (κ2) is 7.17. The molecular formula is C13H15N5O5S. The number of esters is 1. The summed E-state index contributed by atoms with van der Waals surface area (Å²) in [7, 11) is -2.04. The predicted octanol–water partition coefficient (Wildman–Crippen LogP) is -0.569. The molecule has 0 fully saturated rings. The van der Waals surface area contributed by atoms with Crippen molar-refractivity contribution < 1.29 is 22.7 Å². The smallest absolute Gasteiger partial charge is 0.313 e. The lowest BCUT2D eigenvalue weighted by molar-refractivity contribution is -0.139. The van der Waals surface area contributed by atoms with Crippen LogP contribution >= 0.6 is 0 Å². The summed E-state index contributed by atoms with van der Waals surface area (Å²) in [6.07, 6.45) is 0.966. The van der Waals surface area contributed by atoms with Crippen LogP contribution in [0.15, 0.2) is 29.2 Å². The Balaban J connectivity index is 1.95. The summed E-state index contributed by atoms with van der Waals surface area (Å²) in [4.78, 5) is 24.2. The van der Waals surface area contributed by atoms with E-state index in [1.807, 2.05) is 0 Å². The van der Waals surface area contributed by atoms with Crippen LogP contribution in [-0.2, 0) is 37.1 Å². The molecule has 0 bridgehead atoms. The summed E-state index contributed by atoms with van der Waals surface area (Å²) < 4.78 is 27.2. The molecule has 11 heteroatoms. The fourth-order valence-corrected chi connectivity index (χ4v) is 2.36. The number of carbonyl (C=O) groups is 2. The number of tetrazole rings is 1. The van der Waals surface area contributed by atoms with Gasteiger partial charge in [0.25, 0.3) is 0 Å². The number of methoxy groups -OCH3 is 1. The van der Waals surface area contributed by atoms with Gasteiger partial charge in [0.1, 0.15) is 13.0 Å². The number of aromatic nitrogens is 4. The summed E-state index contributed by atoms with van der Waals surface area (Å²) in [5.41, 5.74) is 0.433. The number of carbonyl (C=O) groups excluding carboxylic acids is 2. The van der Waals surface area contributed by atoms with Gasteiger partial charge in [0.2, 0.25) is 5.91 Å². The maximum absolute atomic E-state index is 11.9. The minimum atomic E-state index is -3.29. The highest BCUT2D eigenvalue weighted by Crippen LogP contribution is 2.13. The zero-order valence-electron chi connectivity index (χ0n) is 13.0. The van der Waals surface area contributed by atoms with Crippen LogP contribution in [0.3, 0.4) is 0 Å². The highest BCUT2D eigenvalue weighted by atomic mass is 32.2. The van der Waals surface area contributed by atoms with Crippen LogP contribution < -0.4 is 5.32 Å². The molecule has 0 spiro atoms. The molecule has 24 heavy (non-hydrogen) atoms. The number of nitrogens with zero attached hydrogens (tertiary/aromatic N) is 4. The number of benzene rings is 1. The average Bonchev–Trinajstić information content (AvgIpc) is 2.93. The molecule has 0 aliphatic heterocycles. The highest BCUT2D eigenvalue weighted by molar-refractivity contribution is 7.90. The van der Waals surface area contributed by atoms with Crippen molar-refractivity contribution in [1.82, 2.24) is 20.2 Å². The van der Waals surface area contributed by atoms with Crippen molar-refractivity contribution in [2.45, 2.75) is 17.9 Å². The van der Waals surface area contributed by atoms with E-state index in [1.165, 1.54) is 31.4 Å². The number of nitrogens with one attached hydrogen (secondary N) is 1. The van der Waals surface area contributed by atoms with E-state index in [4.69, 9.17) is 0 Å². The molecule has 0 aliphatic rings. The third-order valence-electron chi connectivity index (χ3n) is 2.88. The number of amides is 1. The Morgan fingerprint density at radius 2 is 1.92 bits per heavy atom. The minimum absolute atomic E-state index is 0.134. The molecule has 0 saturated heterocycles. The van der Waals surface area contributed by atoms with Crippen molar-refractivity contribution in [1.29, 1.82) is 0 Å². The number of ether oxygens (including phenoxy) is 1. The SMILES string of the molecule is COC(=O)Cc1nnn(CC(=O)Nc2ccc(S(C)(=O)=O)cc2)n1. The van der Waals surface area contributed by atoms with E-state index in [-0.39, 0.29) is 23.7 Å². The van der Waals surface area contributed by atoms with Crippen molar-refractivity contribution in [2.75, 3.05) is 18.7 Å². The molecular weight excluding hydrogens is 338 g/mol. The molecule has 0 atom stereocenters. The van der Waals surface area contributed by atoms with E-state index in [9.17, 15) is 18.0 Å². The van der Waals surface area contributed by atoms with Gasteiger partial charge in [-0.3, -0.25) is 9.59 Å². The molecule has 2 aromatic rings. The van der Waals surface area contributed by atoms with E-state index < -0.39 is 21.7 Å². The largest absolute Gasteiger partial charge is 0.469 e. The lowest BCUT2D eigenvalue weighted by Gasteiger charge is -2.05. The maximum Gasteiger partial charge on any atom is 0.313 e. The van der Waals surface area contributed by atoms with E-state index >= 15 is 0 Å². The molecule has 10 nitrogen and oxygen atoms in total. The topological polar surface area (TPSA) is 133 Å².